The van der Waals surface area contributed by atoms with Crippen LogP contribution in [-0.2, 0) is 9.53 Å². The van der Waals surface area contributed by atoms with Crippen LogP contribution < -0.4 is 5.32 Å². The summed E-state index contributed by atoms with van der Waals surface area (Å²) in [5.41, 5.74) is 1.97. The van der Waals surface area contributed by atoms with Gasteiger partial charge < -0.3 is 10.1 Å². The average molecular weight is 401 g/mol. The number of hydrogen-bond acceptors (Lipinski definition) is 4. The summed E-state index contributed by atoms with van der Waals surface area (Å²) < 4.78 is 5.15. The molecule has 0 radical (unpaired) electrons. The number of nitrogens with one attached hydrogen (secondary N) is 1. The van der Waals surface area contributed by atoms with Crippen LogP contribution in [0.15, 0.2) is 84.9 Å². The molecule has 1 atom stereocenters. The summed E-state index contributed by atoms with van der Waals surface area (Å²) in [7, 11) is 0. The van der Waals surface area contributed by atoms with Gasteiger partial charge in [-0.3, -0.25) is 9.59 Å². The Balaban J connectivity index is 1.57. The third-order valence-corrected chi connectivity index (χ3v) is 4.74. The number of esters is 1. The first-order valence-electron chi connectivity index (χ1n) is 9.74. The average Bonchev–Trinajstić information content (AvgIpc) is 2.81. The van der Waals surface area contributed by atoms with Gasteiger partial charge in [0, 0.05) is 17.7 Å². The van der Waals surface area contributed by atoms with Gasteiger partial charge in [0.15, 0.2) is 12.4 Å². The number of ketones is 1. The van der Waals surface area contributed by atoms with E-state index in [-0.39, 0.29) is 22.8 Å². The van der Waals surface area contributed by atoms with Crippen LogP contribution in [0.3, 0.4) is 0 Å². The van der Waals surface area contributed by atoms with Crippen molar-refractivity contribution < 1.29 is 19.1 Å². The maximum Gasteiger partial charge on any atom is 0.339 e. The number of rotatable bonds is 8. The van der Waals surface area contributed by atoms with E-state index < -0.39 is 18.5 Å². The van der Waals surface area contributed by atoms with Crippen LogP contribution >= 0.6 is 0 Å². The molecule has 0 bridgehead atoms. The highest BCUT2D eigenvalue weighted by Gasteiger charge is 2.19. The Morgan fingerprint density at radius 1 is 0.800 bits per heavy atom. The van der Waals surface area contributed by atoms with E-state index in [0.717, 1.165) is 5.56 Å². The van der Waals surface area contributed by atoms with Crippen molar-refractivity contribution in [3.8, 4) is 0 Å². The minimum atomic E-state index is -0.707. The number of ether oxygens (including phenoxy) is 1. The normalized spacial score (nSPS) is 11.4. The van der Waals surface area contributed by atoms with Gasteiger partial charge in [0.1, 0.15) is 0 Å². The van der Waals surface area contributed by atoms with Gasteiger partial charge in [0.05, 0.1) is 5.56 Å². The first-order valence-corrected chi connectivity index (χ1v) is 9.74. The SMILES string of the molecule is C[C@@H](CNC(=O)COC(=O)c1ccccc1C(=O)c1ccccc1)c1ccccc1. The predicted octanol–water partition coefficient (Wildman–Crippen LogP) is 3.99. The van der Waals surface area contributed by atoms with Crippen molar-refractivity contribution in [3.63, 3.8) is 0 Å². The highest BCUT2D eigenvalue weighted by Crippen LogP contribution is 2.16. The molecule has 3 aromatic rings. The second-order valence-corrected chi connectivity index (χ2v) is 6.93. The molecule has 3 rings (SSSR count). The molecule has 1 amide bonds. The van der Waals surface area contributed by atoms with Gasteiger partial charge in [0.2, 0.25) is 0 Å². The minimum Gasteiger partial charge on any atom is -0.452 e. The molecule has 0 fully saturated rings. The monoisotopic (exact) mass is 401 g/mol. The van der Waals surface area contributed by atoms with Crippen LogP contribution in [0.25, 0.3) is 0 Å². The summed E-state index contributed by atoms with van der Waals surface area (Å²) in [5.74, 6) is -1.24. The summed E-state index contributed by atoms with van der Waals surface area (Å²) in [6.45, 7) is 2.03. The summed E-state index contributed by atoms with van der Waals surface area (Å²) in [5, 5.41) is 2.77. The van der Waals surface area contributed by atoms with E-state index >= 15 is 0 Å². The Morgan fingerprint density at radius 3 is 2.03 bits per heavy atom. The van der Waals surface area contributed by atoms with Gasteiger partial charge in [0.25, 0.3) is 5.91 Å². The Kier molecular flexibility index (Phi) is 7.11. The van der Waals surface area contributed by atoms with E-state index in [1.807, 2.05) is 43.3 Å². The van der Waals surface area contributed by atoms with Crippen molar-refractivity contribution >= 4 is 17.7 Å². The van der Waals surface area contributed by atoms with Crippen molar-refractivity contribution in [2.45, 2.75) is 12.8 Å². The van der Waals surface area contributed by atoms with E-state index in [1.54, 1.807) is 42.5 Å². The zero-order valence-electron chi connectivity index (χ0n) is 16.7. The number of carbonyl (C=O) groups is 3. The second-order valence-electron chi connectivity index (χ2n) is 6.93. The first kappa shape index (κ1) is 21.0. The van der Waals surface area contributed by atoms with Crippen LogP contribution in [0.2, 0.25) is 0 Å². The Bertz CT molecular complexity index is 1020. The minimum absolute atomic E-state index is 0.134. The molecule has 3 aromatic carbocycles. The summed E-state index contributed by atoms with van der Waals surface area (Å²) >= 11 is 0. The van der Waals surface area contributed by atoms with Gasteiger partial charge in [-0.1, -0.05) is 85.8 Å². The lowest BCUT2D eigenvalue weighted by atomic mass is 9.98. The van der Waals surface area contributed by atoms with Gasteiger partial charge in [-0.25, -0.2) is 4.79 Å². The first-order chi connectivity index (χ1) is 14.6. The van der Waals surface area contributed by atoms with E-state index in [9.17, 15) is 14.4 Å². The molecular formula is C25H23NO4. The summed E-state index contributed by atoms with van der Waals surface area (Å²) in [4.78, 5) is 37.3. The number of benzene rings is 3. The van der Waals surface area contributed by atoms with Crippen molar-refractivity contribution in [3.05, 3.63) is 107 Å². The van der Waals surface area contributed by atoms with Crippen LogP contribution in [0.5, 0.6) is 0 Å². The summed E-state index contributed by atoms with van der Waals surface area (Å²) in [6, 6.07) is 25.0. The maximum absolute atomic E-state index is 12.7. The molecule has 0 aliphatic rings. The standard InChI is InChI=1S/C25H23NO4/c1-18(19-10-4-2-5-11-19)16-26-23(27)17-30-25(29)22-15-9-8-14-21(22)24(28)20-12-6-3-7-13-20/h2-15,18H,16-17H2,1H3,(H,26,27)/t18-/m0/s1. The van der Waals surface area contributed by atoms with Gasteiger partial charge in [-0.05, 0) is 17.5 Å². The lowest BCUT2D eigenvalue weighted by Gasteiger charge is -2.13. The Labute approximate surface area is 175 Å². The number of hydrogen-bond donors (Lipinski definition) is 1. The molecule has 0 heterocycles. The smallest absolute Gasteiger partial charge is 0.339 e. The zero-order chi connectivity index (χ0) is 21.3. The van der Waals surface area contributed by atoms with Crippen molar-refractivity contribution in [2.24, 2.45) is 0 Å². The fraction of sp³-hybridized carbons (Fsp3) is 0.160. The zero-order valence-corrected chi connectivity index (χ0v) is 16.7. The fourth-order valence-corrected chi connectivity index (χ4v) is 3.03. The number of amides is 1. The van der Waals surface area contributed by atoms with Gasteiger partial charge >= 0.3 is 5.97 Å². The molecule has 1 N–H and O–H groups in total. The van der Waals surface area contributed by atoms with Crippen LogP contribution in [0.1, 0.15) is 44.7 Å². The van der Waals surface area contributed by atoms with Crippen LogP contribution in [0.4, 0.5) is 0 Å². The predicted molar refractivity (Wildman–Crippen MR) is 114 cm³/mol. The molecule has 0 aliphatic heterocycles. The molecule has 5 heteroatoms. The molecule has 30 heavy (non-hydrogen) atoms. The third-order valence-electron chi connectivity index (χ3n) is 4.74. The molecule has 0 aliphatic carbocycles. The molecule has 0 unspecified atom stereocenters. The Hall–Kier alpha value is -3.73. The highest BCUT2D eigenvalue weighted by atomic mass is 16.5. The van der Waals surface area contributed by atoms with E-state index in [0.29, 0.717) is 12.1 Å². The van der Waals surface area contributed by atoms with Crippen molar-refractivity contribution in [1.29, 1.82) is 0 Å². The fourth-order valence-electron chi connectivity index (χ4n) is 3.03. The van der Waals surface area contributed by atoms with Crippen molar-refractivity contribution in [1.82, 2.24) is 5.32 Å². The quantitative estimate of drug-likeness (QED) is 0.458. The molecule has 0 spiro atoms. The van der Waals surface area contributed by atoms with Crippen molar-refractivity contribution in [2.75, 3.05) is 13.2 Å². The van der Waals surface area contributed by atoms with E-state index in [4.69, 9.17) is 4.74 Å². The van der Waals surface area contributed by atoms with Crippen LogP contribution in [0, 0.1) is 0 Å². The number of carbonyl (C=O) groups excluding carboxylic acids is 3. The maximum atomic E-state index is 12.7. The molecule has 152 valence electrons. The molecule has 0 saturated carbocycles. The van der Waals surface area contributed by atoms with Crippen LogP contribution in [-0.4, -0.2) is 30.8 Å². The lowest BCUT2D eigenvalue weighted by Crippen LogP contribution is -2.31. The molecule has 5 nitrogen and oxygen atoms in total. The largest absolute Gasteiger partial charge is 0.452 e. The molecule has 0 saturated heterocycles. The third kappa shape index (κ3) is 5.41. The Morgan fingerprint density at radius 2 is 1.37 bits per heavy atom. The second kappa shape index (κ2) is 10.2. The van der Waals surface area contributed by atoms with E-state index in [2.05, 4.69) is 5.32 Å². The van der Waals surface area contributed by atoms with Gasteiger partial charge in [-0.15, -0.1) is 0 Å². The summed E-state index contributed by atoms with van der Waals surface area (Å²) in [6.07, 6.45) is 0. The lowest BCUT2D eigenvalue weighted by molar-refractivity contribution is -0.124. The molecular weight excluding hydrogens is 378 g/mol. The molecule has 0 aromatic heterocycles. The van der Waals surface area contributed by atoms with E-state index in [1.165, 1.54) is 6.07 Å². The topological polar surface area (TPSA) is 72.5 Å². The highest BCUT2D eigenvalue weighted by molar-refractivity contribution is 6.14. The van der Waals surface area contributed by atoms with Gasteiger partial charge in [-0.2, -0.15) is 0 Å².